The topological polar surface area (TPSA) is 71.3 Å². The number of aromatic nitrogens is 1. The van der Waals surface area contributed by atoms with Gasteiger partial charge in [-0.3, -0.25) is 10.1 Å². The molecule has 0 aromatic carbocycles. The van der Waals surface area contributed by atoms with Crippen LogP contribution in [0.3, 0.4) is 0 Å². The highest BCUT2D eigenvalue weighted by Crippen LogP contribution is 2.36. The van der Waals surface area contributed by atoms with Crippen LogP contribution in [0, 0.1) is 16.0 Å². The van der Waals surface area contributed by atoms with Crippen molar-refractivity contribution in [2.45, 2.75) is 31.7 Å². The van der Waals surface area contributed by atoms with Gasteiger partial charge in [-0.25, -0.2) is 4.98 Å². The Kier molecular flexibility index (Phi) is 4.40. The Balaban J connectivity index is 1.78. The van der Waals surface area contributed by atoms with Gasteiger partial charge in [0.15, 0.2) is 0 Å². The summed E-state index contributed by atoms with van der Waals surface area (Å²) in [6, 6.07) is 2.09. The smallest absolute Gasteiger partial charge is 0.288 e. The van der Waals surface area contributed by atoms with Gasteiger partial charge >= 0.3 is 0 Å². The molecular formula is C14H19BrN4O2. The Bertz CT molecular complexity index is 530. The fourth-order valence-electron chi connectivity index (χ4n) is 2.88. The van der Waals surface area contributed by atoms with Crippen LogP contribution in [0.15, 0.2) is 16.7 Å². The molecular weight excluding hydrogens is 336 g/mol. The predicted octanol–water partition coefficient (Wildman–Crippen LogP) is 2.72. The minimum atomic E-state index is -0.409. The molecule has 2 fully saturated rings. The third-order valence-corrected chi connectivity index (χ3v) is 4.72. The highest BCUT2D eigenvalue weighted by atomic mass is 79.9. The molecule has 1 saturated carbocycles. The van der Waals surface area contributed by atoms with Crippen LogP contribution >= 0.6 is 15.9 Å². The summed E-state index contributed by atoms with van der Waals surface area (Å²) in [4.78, 5) is 17.1. The zero-order valence-corrected chi connectivity index (χ0v) is 13.4. The molecule has 1 saturated heterocycles. The molecule has 2 heterocycles. The summed E-state index contributed by atoms with van der Waals surface area (Å²) in [5.74, 6) is 1.47. The summed E-state index contributed by atoms with van der Waals surface area (Å²) in [5.41, 5.74) is 0.0284. The molecule has 1 aliphatic carbocycles. The Labute approximate surface area is 132 Å². The summed E-state index contributed by atoms with van der Waals surface area (Å²) in [6.45, 7) is 3.13. The van der Waals surface area contributed by atoms with E-state index in [1.165, 1.54) is 31.9 Å². The first-order valence-corrected chi connectivity index (χ1v) is 8.21. The van der Waals surface area contributed by atoms with Crippen LogP contribution in [0.2, 0.25) is 0 Å². The van der Waals surface area contributed by atoms with Gasteiger partial charge in [-0.1, -0.05) is 0 Å². The normalized spacial score (nSPS) is 22.0. The Hall–Kier alpha value is -1.21. The van der Waals surface area contributed by atoms with Crippen molar-refractivity contribution in [1.82, 2.24) is 10.3 Å². The molecule has 0 spiro atoms. The van der Waals surface area contributed by atoms with E-state index in [4.69, 9.17) is 0 Å². The Morgan fingerprint density at radius 1 is 1.48 bits per heavy atom. The minimum absolute atomic E-state index is 0.0284. The number of piperidine rings is 1. The second kappa shape index (κ2) is 6.27. The summed E-state index contributed by atoms with van der Waals surface area (Å²) in [7, 11) is 0. The number of anilines is 1. The van der Waals surface area contributed by atoms with Crippen molar-refractivity contribution in [2.75, 3.05) is 24.5 Å². The maximum atomic E-state index is 10.8. The molecule has 1 aromatic rings. The van der Waals surface area contributed by atoms with Crippen molar-refractivity contribution >= 4 is 27.4 Å². The molecule has 6 nitrogen and oxygen atoms in total. The first kappa shape index (κ1) is 14.7. The van der Waals surface area contributed by atoms with E-state index in [9.17, 15) is 10.1 Å². The molecule has 0 bridgehead atoms. The SMILES string of the molecule is O=[N+]([O-])c1cnc(N(CC2CCCNC2)C2CC2)c(Br)c1. The summed E-state index contributed by atoms with van der Waals surface area (Å²) in [6.07, 6.45) is 6.18. The average molecular weight is 355 g/mol. The number of hydrogen-bond acceptors (Lipinski definition) is 5. The highest BCUT2D eigenvalue weighted by molar-refractivity contribution is 9.10. The molecule has 21 heavy (non-hydrogen) atoms. The molecule has 1 aromatic heterocycles. The van der Waals surface area contributed by atoms with E-state index in [1.807, 2.05) is 0 Å². The van der Waals surface area contributed by atoms with Crippen molar-refractivity contribution < 1.29 is 4.92 Å². The second-order valence-corrected chi connectivity index (χ2v) is 6.71. The van der Waals surface area contributed by atoms with Gasteiger partial charge in [-0.2, -0.15) is 0 Å². The average Bonchev–Trinajstić information content (AvgIpc) is 3.31. The molecule has 1 aliphatic heterocycles. The summed E-state index contributed by atoms with van der Waals surface area (Å²) in [5, 5.41) is 14.3. The lowest BCUT2D eigenvalue weighted by atomic mass is 9.99. The first-order chi connectivity index (χ1) is 10.1. The number of halogens is 1. The third-order valence-electron chi connectivity index (χ3n) is 4.13. The second-order valence-electron chi connectivity index (χ2n) is 5.85. The molecule has 7 heteroatoms. The number of nitrogens with zero attached hydrogens (tertiary/aromatic N) is 3. The monoisotopic (exact) mass is 354 g/mol. The number of nitro groups is 1. The Morgan fingerprint density at radius 2 is 2.29 bits per heavy atom. The van der Waals surface area contributed by atoms with Crippen LogP contribution in [0.1, 0.15) is 25.7 Å². The van der Waals surface area contributed by atoms with E-state index < -0.39 is 4.92 Å². The summed E-state index contributed by atoms with van der Waals surface area (Å²) < 4.78 is 0.715. The standard InChI is InChI=1S/C14H19BrN4O2/c15-13-6-12(19(20)21)8-17-14(13)18(11-3-4-11)9-10-2-1-5-16-7-10/h6,8,10-11,16H,1-5,7,9H2. The van der Waals surface area contributed by atoms with Gasteiger partial charge in [0.1, 0.15) is 12.0 Å². The fraction of sp³-hybridized carbons (Fsp3) is 0.643. The predicted molar refractivity (Wildman–Crippen MR) is 84.6 cm³/mol. The van der Waals surface area contributed by atoms with E-state index in [1.54, 1.807) is 6.07 Å². The lowest BCUT2D eigenvalue weighted by molar-refractivity contribution is -0.385. The van der Waals surface area contributed by atoms with E-state index in [0.29, 0.717) is 16.4 Å². The third kappa shape index (κ3) is 3.52. The number of nitrogens with one attached hydrogen (secondary N) is 1. The van der Waals surface area contributed by atoms with Crippen molar-refractivity contribution in [2.24, 2.45) is 5.92 Å². The van der Waals surface area contributed by atoms with Crippen molar-refractivity contribution in [3.05, 3.63) is 26.9 Å². The first-order valence-electron chi connectivity index (χ1n) is 7.42. The van der Waals surface area contributed by atoms with Gasteiger partial charge in [-0.05, 0) is 60.6 Å². The van der Waals surface area contributed by atoms with Gasteiger partial charge in [0, 0.05) is 18.7 Å². The van der Waals surface area contributed by atoms with Crippen molar-refractivity contribution in [3.8, 4) is 0 Å². The van der Waals surface area contributed by atoms with E-state index in [2.05, 4.69) is 31.1 Å². The van der Waals surface area contributed by atoms with Crippen molar-refractivity contribution in [3.63, 3.8) is 0 Å². The zero-order valence-electron chi connectivity index (χ0n) is 11.8. The van der Waals surface area contributed by atoms with Crippen LogP contribution in [-0.4, -0.2) is 35.6 Å². The van der Waals surface area contributed by atoms with Crippen LogP contribution in [0.4, 0.5) is 11.5 Å². The number of pyridine rings is 1. The summed E-state index contributed by atoms with van der Waals surface area (Å²) >= 11 is 3.45. The van der Waals surface area contributed by atoms with Gasteiger partial charge < -0.3 is 10.2 Å². The van der Waals surface area contributed by atoms with Gasteiger partial charge in [0.25, 0.3) is 5.69 Å². The van der Waals surface area contributed by atoms with Gasteiger partial charge in [0.05, 0.1) is 9.40 Å². The molecule has 2 aliphatic rings. The molecule has 3 rings (SSSR count). The number of hydrogen-bond donors (Lipinski definition) is 1. The molecule has 0 radical (unpaired) electrons. The maximum Gasteiger partial charge on any atom is 0.288 e. The fourth-order valence-corrected chi connectivity index (χ4v) is 3.45. The number of rotatable bonds is 5. The van der Waals surface area contributed by atoms with E-state index in [0.717, 1.165) is 25.5 Å². The molecule has 0 amide bonds. The van der Waals surface area contributed by atoms with Gasteiger partial charge in [-0.15, -0.1) is 0 Å². The highest BCUT2D eigenvalue weighted by Gasteiger charge is 2.33. The van der Waals surface area contributed by atoms with Crippen molar-refractivity contribution in [1.29, 1.82) is 0 Å². The minimum Gasteiger partial charge on any atom is -0.352 e. The molecule has 114 valence electrons. The van der Waals surface area contributed by atoms with Crippen LogP contribution < -0.4 is 10.2 Å². The lowest BCUT2D eigenvalue weighted by Crippen LogP contribution is -2.39. The van der Waals surface area contributed by atoms with Gasteiger partial charge in [0.2, 0.25) is 0 Å². The maximum absolute atomic E-state index is 10.8. The lowest BCUT2D eigenvalue weighted by Gasteiger charge is -2.31. The van der Waals surface area contributed by atoms with E-state index in [-0.39, 0.29) is 5.69 Å². The van der Waals surface area contributed by atoms with Crippen LogP contribution in [0.25, 0.3) is 0 Å². The molecule has 1 atom stereocenters. The van der Waals surface area contributed by atoms with Crippen LogP contribution in [-0.2, 0) is 0 Å². The molecule has 1 unspecified atom stereocenters. The van der Waals surface area contributed by atoms with E-state index >= 15 is 0 Å². The van der Waals surface area contributed by atoms with Crippen LogP contribution in [0.5, 0.6) is 0 Å². The largest absolute Gasteiger partial charge is 0.352 e. The quantitative estimate of drug-likeness (QED) is 0.650. The Morgan fingerprint density at radius 3 is 2.86 bits per heavy atom. The molecule has 1 N–H and O–H groups in total. The zero-order chi connectivity index (χ0) is 14.8.